The summed E-state index contributed by atoms with van der Waals surface area (Å²) >= 11 is 0. The largest absolute Gasteiger partial charge is 0.399 e. The lowest BCUT2D eigenvalue weighted by molar-refractivity contribution is -0.384. The summed E-state index contributed by atoms with van der Waals surface area (Å²) in [5, 5.41) is 19.2. The maximum absolute atomic E-state index is 10.7. The molecule has 0 atom stereocenters. The fraction of sp³-hybridized carbons (Fsp3) is 0. The number of non-ortho nitro benzene ring substituents is 1. The van der Waals surface area contributed by atoms with E-state index in [2.05, 4.69) is 10.2 Å². The van der Waals surface area contributed by atoms with Crippen LogP contribution in [0.15, 0.2) is 42.5 Å². The van der Waals surface area contributed by atoms with Crippen LogP contribution in [0.1, 0.15) is 0 Å². The van der Waals surface area contributed by atoms with Gasteiger partial charge in [-0.1, -0.05) is 6.07 Å². The van der Waals surface area contributed by atoms with Crippen LogP contribution in [0.4, 0.5) is 11.4 Å². The molecule has 0 amide bonds. The number of nitrogens with two attached hydrogens (primary N) is 1. The van der Waals surface area contributed by atoms with Crippen LogP contribution in [0.2, 0.25) is 0 Å². The topological polar surface area (TPSA) is 99.9 Å². The van der Waals surface area contributed by atoms with Gasteiger partial charge in [0.05, 0.1) is 10.6 Å². The molecule has 1 aromatic heterocycles. The predicted octanol–water partition coefficient (Wildman–Crippen LogP) is 1.91. The van der Waals surface area contributed by atoms with Crippen molar-refractivity contribution in [2.75, 3.05) is 5.73 Å². The highest BCUT2D eigenvalue weighted by Crippen LogP contribution is 2.18. The SMILES string of the molecule is Nc1ccc2nn(-c3cccc([N+](=O)[O-])c3)nc2c1. The fourth-order valence-corrected chi connectivity index (χ4v) is 1.78. The first-order valence-electron chi connectivity index (χ1n) is 5.51. The van der Waals surface area contributed by atoms with Crippen molar-refractivity contribution in [3.63, 3.8) is 0 Å². The Morgan fingerprint density at radius 3 is 2.68 bits per heavy atom. The molecule has 3 rings (SSSR count). The second-order valence-electron chi connectivity index (χ2n) is 4.01. The molecule has 0 spiro atoms. The number of rotatable bonds is 2. The van der Waals surface area contributed by atoms with E-state index in [0.29, 0.717) is 22.4 Å². The van der Waals surface area contributed by atoms with Gasteiger partial charge in [-0.25, -0.2) is 0 Å². The molecule has 7 nitrogen and oxygen atoms in total. The highest BCUT2D eigenvalue weighted by molar-refractivity contribution is 5.77. The molecule has 0 aliphatic carbocycles. The Morgan fingerprint density at radius 1 is 1.11 bits per heavy atom. The summed E-state index contributed by atoms with van der Waals surface area (Å²) < 4.78 is 0. The smallest absolute Gasteiger partial charge is 0.271 e. The second-order valence-corrected chi connectivity index (χ2v) is 4.01. The van der Waals surface area contributed by atoms with Crippen LogP contribution < -0.4 is 5.73 Å². The van der Waals surface area contributed by atoms with E-state index in [-0.39, 0.29) is 5.69 Å². The third-order valence-electron chi connectivity index (χ3n) is 2.68. The number of anilines is 1. The number of hydrogen-bond acceptors (Lipinski definition) is 5. The first-order chi connectivity index (χ1) is 9.13. The number of nitro groups is 1. The molecule has 0 bridgehead atoms. The van der Waals surface area contributed by atoms with Crippen LogP contribution >= 0.6 is 0 Å². The number of hydrogen-bond donors (Lipinski definition) is 1. The number of nitro benzene ring substituents is 1. The first-order valence-corrected chi connectivity index (χ1v) is 5.51. The third-order valence-corrected chi connectivity index (χ3v) is 2.68. The Labute approximate surface area is 107 Å². The number of nitrogens with zero attached hydrogens (tertiary/aromatic N) is 4. The van der Waals surface area contributed by atoms with Gasteiger partial charge in [-0.3, -0.25) is 10.1 Å². The van der Waals surface area contributed by atoms with Crippen LogP contribution in [0, 0.1) is 10.1 Å². The Balaban J connectivity index is 2.13. The minimum atomic E-state index is -0.454. The summed E-state index contributed by atoms with van der Waals surface area (Å²) in [6, 6.07) is 11.3. The summed E-state index contributed by atoms with van der Waals surface area (Å²) in [7, 11) is 0. The molecule has 1 heterocycles. The maximum Gasteiger partial charge on any atom is 0.271 e. The van der Waals surface area contributed by atoms with Gasteiger partial charge in [0.25, 0.3) is 5.69 Å². The fourth-order valence-electron chi connectivity index (χ4n) is 1.78. The molecule has 0 saturated carbocycles. The van der Waals surface area contributed by atoms with Crippen LogP contribution in [0.5, 0.6) is 0 Å². The summed E-state index contributed by atoms with van der Waals surface area (Å²) in [6.07, 6.45) is 0. The van der Waals surface area contributed by atoms with Crippen molar-refractivity contribution in [3.05, 3.63) is 52.6 Å². The molecule has 0 aliphatic rings. The van der Waals surface area contributed by atoms with Crippen molar-refractivity contribution >= 4 is 22.4 Å². The van der Waals surface area contributed by atoms with Crippen LogP contribution in [0.25, 0.3) is 16.7 Å². The van der Waals surface area contributed by atoms with Gasteiger partial charge in [0, 0.05) is 17.8 Å². The number of aromatic nitrogens is 3. The molecule has 3 aromatic rings. The van der Waals surface area contributed by atoms with Crippen LogP contribution in [-0.2, 0) is 0 Å². The van der Waals surface area contributed by atoms with Crippen molar-refractivity contribution in [1.29, 1.82) is 0 Å². The van der Waals surface area contributed by atoms with E-state index in [4.69, 9.17) is 5.73 Å². The lowest BCUT2D eigenvalue weighted by atomic mass is 10.3. The van der Waals surface area contributed by atoms with Gasteiger partial charge < -0.3 is 5.73 Å². The van der Waals surface area contributed by atoms with E-state index in [1.165, 1.54) is 16.9 Å². The number of nitrogen functional groups attached to an aromatic ring is 1. The molecule has 19 heavy (non-hydrogen) atoms. The van der Waals surface area contributed by atoms with Crippen molar-refractivity contribution in [3.8, 4) is 5.69 Å². The van der Waals surface area contributed by atoms with Crippen molar-refractivity contribution in [2.45, 2.75) is 0 Å². The zero-order chi connectivity index (χ0) is 13.4. The molecule has 7 heteroatoms. The molecular formula is C12H9N5O2. The highest BCUT2D eigenvalue weighted by Gasteiger charge is 2.09. The quantitative estimate of drug-likeness (QED) is 0.428. The van der Waals surface area contributed by atoms with Gasteiger partial charge in [-0.05, 0) is 24.3 Å². The Kier molecular flexibility index (Phi) is 2.38. The summed E-state index contributed by atoms with van der Waals surface area (Å²) in [5.74, 6) is 0. The molecule has 94 valence electrons. The van der Waals surface area contributed by atoms with Gasteiger partial charge in [0.15, 0.2) is 0 Å². The number of benzene rings is 2. The van der Waals surface area contributed by atoms with Gasteiger partial charge >= 0.3 is 0 Å². The van der Waals surface area contributed by atoms with Crippen molar-refractivity contribution < 1.29 is 4.92 Å². The van der Waals surface area contributed by atoms with Crippen LogP contribution in [-0.4, -0.2) is 19.9 Å². The molecule has 2 N–H and O–H groups in total. The molecular weight excluding hydrogens is 246 g/mol. The van der Waals surface area contributed by atoms with E-state index in [1.54, 1.807) is 30.3 Å². The molecule has 0 fully saturated rings. The van der Waals surface area contributed by atoms with Gasteiger partial charge in [-0.2, -0.15) is 4.80 Å². The maximum atomic E-state index is 10.7. The van der Waals surface area contributed by atoms with E-state index in [9.17, 15) is 10.1 Å². The zero-order valence-electron chi connectivity index (χ0n) is 9.72. The van der Waals surface area contributed by atoms with E-state index in [0.717, 1.165) is 0 Å². The Morgan fingerprint density at radius 2 is 1.89 bits per heavy atom. The molecule has 0 radical (unpaired) electrons. The lowest BCUT2D eigenvalue weighted by Crippen LogP contribution is -1.99. The first kappa shape index (κ1) is 11.1. The average molecular weight is 255 g/mol. The number of fused-ring (bicyclic) bond motifs is 1. The second kappa shape index (κ2) is 4.05. The van der Waals surface area contributed by atoms with Gasteiger partial charge in [0.2, 0.25) is 0 Å². The van der Waals surface area contributed by atoms with E-state index >= 15 is 0 Å². The molecule has 0 aliphatic heterocycles. The van der Waals surface area contributed by atoms with Crippen molar-refractivity contribution in [2.24, 2.45) is 0 Å². The third kappa shape index (κ3) is 1.97. The standard InChI is InChI=1S/C12H9N5O2/c13-8-4-5-11-12(6-8)15-16(14-11)9-2-1-3-10(7-9)17(18)19/h1-7H,13H2. The minimum Gasteiger partial charge on any atom is -0.399 e. The Bertz CT molecular complexity index is 781. The molecule has 0 saturated heterocycles. The minimum absolute atomic E-state index is 0.00151. The van der Waals surface area contributed by atoms with E-state index in [1.807, 2.05) is 0 Å². The average Bonchev–Trinajstić information content (AvgIpc) is 2.81. The van der Waals surface area contributed by atoms with Crippen LogP contribution in [0.3, 0.4) is 0 Å². The zero-order valence-corrected chi connectivity index (χ0v) is 9.72. The predicted molar refractivity (Wildman–Crippen MR) is 69.9 cm³/mol. The van der Waals surface area contributed by atoms with Crippen molar-refractivity contribution in [1.82, 2.24) is 15.0 Å². The van der Waals surface area contributed by atoms with Gasteiger partial charge in [0.1, 0.15) is 11.0 Å². The molecule has 0 unspecified atom stereocenters. The Hall–Kier alpha value is -2.96. The lowest BCUT2D eigenvalue weighted by Gasteiger charge is -1.98. The van der Waals surface area contributed by atoms with E-state index < -0.39 is 4.92 Å². The monoisotopic (exact) mass is 255 g/mol. The highest BCUT2D eigenvalue weighted by atomic mass is 16.6. The summed E-state index contributed by atoms with van der Waals surface area (Å²) in [4.78, 5) is 11.6. The molecule has 2 aromatic carbocycles. The summed E-state index contributed by atoms with van der Waals surface area (Å²) in [5.41, 5.74) is 8.12. The van der Waals surface area contributed by atoms with Gasteiger partial charge in [-0.15, -0.1) is 10.2 Å². The normalized spacial score (nSPS) is 10.7. The summed E-state index contributed by atoms with van der Waals surface area (Å²) in [6.45, 7) is 0.